The number of nitriles is 1. The minimum absolute atomic E-state index is 0.139. The molecule has 0 fully saturated rings. The van der Waals surface area contributed by atoms with Gasteiger partial charge in [-0.3, -0.25) is 0 Å². The monoisotopic (exact) mass is 333 g/mol. The summed E-state index contributed by atoms with van der Waals surface area (Å²) in [4.78, 5) is 0. The summed E-state index contributed by atoms with van der Waals surface area (Å²) in [5, 5.41) is 20.1. The Morgan fingerprint density at radius 1 is 1.30 bits per heavy atom. The van der Waals surface area contributed by atoms with Gasteiger partial charge in [-0.1, -0.05) is 18.2 Å². The van der Waals surface area contributed by atoms with E-state index >= 15 is 0 Å². The van der Waals surface area contributed by atoms with E-state index < -0.39 is 11.5 Å². The van der Waals surface area contributed by atoms with Gasteiger partial charge in [0, 0.05) is 6.42 Å². The smallest absolute Gasteiger partial charge is 0.169 e. The summed E-state index contributed by atoms with van der Waals surface area (Å²) in [6.45, 7) is 0.139. The molecule has 2 atom stereocenters. The molecular weight excluding hydrogens is 322 g/mol. The molecule has 0 saturated heterocycles. The summed E-state index contributed by atoms with van der Waals surface area (Å²) in [6, 6.07) is 13.1. The number of rotatable bonds is 2. The Morgan fingerprint density at radius 3 is 2.80 bits per heavy atom. The Bertz CT molecular complexity index is 676. The predicted molar refractivity (Wildman–Crippen MR) is 75.1 cm³/mol. The summed E-state index contributed by atoms with van der Waals surface area (Å²) in [6.07, 6.45) is -0.605. The molecule has 0 bridgehead atoms. The Morgan fingerprint density at radius 2 is 2.10 bits per heavy atom. The summed E-state index contributed by atoms with van der Waals surface area (Å²) in [5.74, 6) is 1.13. The molecule has 1 aromatic carbocycles. The van der Waals surface area contributed by atoms with Crippen molar-refractivity contribution in [3.8, 4) is 11.8 Å². The van der Waals surface area contributed by atoms with E-state index in [1.165, 1.54) is 0 Å². The first kappa shape index (κ1) is 13.2. The van der Waals surface area contributed by atoms with Crippen molar-refractivity contribution in [2.45, 2.75) is 12.5 Å². The number of nitrogens with zero attached hydrogens (tertiary/aromatic N) is 1. The van der Waals surface area contributed by atoms with Crippen LogP contribution in [0.2, 0.25) is 0 Å². The molecule has 20 heavy (non-hydrogen) atoms. The number of hydrogen-bond donors (Lipinski definition) is 1. The van der Waals surface area contributed by atoms with E-state index in [9.17, 15) is 10.4 Å². The number of hydrogen-bond acceptors (Lipinski definition) is 4. The molecule has 1 aliphatic heterocycles. The van der Waals surface area contributed by atoms with Crippen molar-refractivity contribution in [2.24, 2.45) is 5.41 Å². The van der Waals surface area contributed by atoms with Crippen LogP contribution in [0.15, 0.2) is 45.5 Å². The van der Waals surface area contributed by atoms with Crippen molar-refractivity contribution < 1.29 is 14.3 Å². The Hall–Kier alpha value is -1.77. The summed E-state index contributed by atoms with van der Waals surface area (Å²) in [5.41, 5.74) is -0.115. The topological polar surface area (TPSA) is 66.4 Å². The summed E-state index contributed by atoms with van der Waals surface area (Å²) < 4.78 is 11.5. The fraction of sp³-hybridized carbons (Fsp3) is 0.267. The van der Waals surface area contributed by atoms with Crippen molar-refractivity contribution >= 4 is 15.9 Å². The lowest BCUT2D eigenvalue weighted by atomic mass is 9.76. The van der Waals surface area contributed by atoms with Crippen molar-refractivity contribution in [1.82, 2.24) is 0 Å². The number of ether oxygens (including phenoxy) is 1. The average Bonchev–Trinajstić information content (AvgIpc) is 2.92. The largest absolute Gasteiger partial charge is 0.492 e. The lowest BCUT2D eigenvalue weighted by molar-refractivity contribution is 0.00315. The molecule has 4 nitrogen and oxygen atoms in total. The second-order valence-electron chi connectivity index (χ2n) is 4.89. The summed E-state index contributed by atoms with van der Waals surface area (Å²) >= 11 is 3.20. The van der Waals surface area contributed by atoms with Crippen molar-refractivity contribution in [2.75, 3.05) is 6.61 Å². The maximum Gasteiger partial charge on any atom is 0.169 e. The number of para-hydroxylation sites is 1. The van der Waals surface area contributed by atoms with Crippen LogP contribution in [-0.4, -0.2) is 11.7 Å². The highest BCUT2D eigenvalue weighted by molar-refractivity contribution is 9.10. The van der Waals surface area contributed by atoms with Crippen LogP contribution in [0, 0.1) is 16.7 Å². The van der Waals surface area contributed by atoms with Gasteiger partial charge in [0.05, 0.1) is 6.07 Å². The van der Waals surface area contributed by atoms with Gasteiger partial charge in [-0.25, -0.2) is 0 Å². The lowest BCUT2D eigenvalue weighted by Gasteiger charge is -2.34. The zero-order valence-electron chi connectivity index (χ0n) is 10.5. The Balaban J connectivity index is 1.96. The van der Waals surface area contributed by atoms with Crippen molar-refractivity contribution in [1.29, 1.82) is 5.26 Å². The third kappa shape index (κ3) is 2.11. The van der Waals surface area contributed by atoms with Crippen LogP contribution in [0.25, 0.3) is 0 Å². The zero-order valence-corrected chi connectivity index (χ0v) is 12.1. The zero-order chi connectivity index (χ0) is 14.2. The van der Waals surface area contributed by atoms with Crippen molar-refractivity contribution in [3.63, 3.8) is 0 Å². The first-order valence-corrected chi connectivity index (χ1v) is 6.99. The number of aliphatic hydroxyl groups is 1. The van der Waals surface area contributed by atoms with E-state index in [2.05, 4.69) is 22.0 Å². The van der Waals surface area contributed by atoms with Crippen LogP contribution in [-0.2, 0) is 6.42 Å². The third-order valence-corrected chi connectivity index (χ3v) is 4.00. The van der Waals surface area contributed by atoms with E-state index in [0.717, 1.165) is 11.3 Å². The fourth-order valence-electron chi connectivity index (χ4n) is 2.44. The van der Waals surface area contributed by atoms with Gasteiger partial charge >= 0.3 is 0 Å². The highest BCUT2D eigenvalue weighted by Crippen LogP contribution is 2.43. The van der Waals surface area contributed by atoms with Gasteiger partial charge in [-0.15, -0.1) is 0 Å². The Kier molecular flexibility index (Phi) is 3.28. The molecule has 2 heterocycles. The predicted octanol–water partition coefficient (Wildman–Crippen LogP) is 3.22. The molecular formula is C15H12BrNO3. The molecule has 1 N–H and O–H groups in total. The van der Waals surface area contributed by atoms with Gasteiger partial charge in [0.15, 0.2) is 4.67 Å². The van der Waals surface area contributed by atoms with E-state index in [0.29, 0.717) is 16.9 Å². The second kappa shape index (κ2) is 4.97. The normalized spacial score (nSPS) is 22.4. The number of fused-ring (bicyclic) bond motifs is 1. The van der Waals surface area contributed by atoms with Crippen LogP contribution in [0.4, 0.5) is 0 Å². The van der Waals surface area contributed by atoms with Gasteiger partial charge in [-0.05, 0) is 39.7 Å². The molecule has 0 amide bonds. The van der Waals surface area contributed by atoms with Crippen molar-refractivity contribution in [3.05, 3.63) is 52.4 Å². The second-order valence-corrected chi connectivity index (χ2v) is 5.67. The van der Waals surface area contributed by atoms with Gasteiger partial charge in [0.1, 0.15) is 29.6 Å². The van der Waals surface area contributed by atoms with E-state index in [1.807, 2.05) is 24.3 Å². The van der Waals surface area contributed by atoms with Gasteiger partial charge in [0.2, 0.25) is 0 Å². The van der Waals surface area contributed by atoms with E-state index in [-0.39, 0.29) is 6.61 Å². The van der Waals surface area contributed by atoms with Crippen LogP contribution >= 0.6 is 15.9 Å². The maximum absolute atomic E-state index is 10.5. The highest BCUT2D eigenvalue weighted by atomic mass is 79.9. The SMILES string of the molecule is N#CC1(C(O)c2ccc(Br)o2)COc2ccccc2C1. The van der Waals surface area contributed by atoms with Gasteiger partial charge in [0.25, 0.3) is 0 Å². The van der Waals surface area contributed by atoms with Crippen LogP contribution in [0.1, 0.15) is 17.4 Å². The molecule has 0 spiro atoms. The minimum atomic E-state index is -1.04. The number of aliphatic hydroxyl groups excluding tert-OH is 1. The van der Waals surface area contributed by atoms with Gasteiger partial charge < -0.3 is 14.3 Å². The first-order valence-electron chi connectivity index (χ1n) is 6.20. The molecule has 0 aliphatic carbocycles. The third-order valence-electron chi connectivity index (χ3n) is 3.57. The molecule has 0 radical (unpaired) electrons. The maximum atomic E-state index is 10.5. The number of furan rings is 1. The molecule has 1 aromatic heterocycles. The number of benzene rings is 1. The lowest BCUT2D eigenvalue weighted by Crippen LogP contribution is -2.39. The van der Waals surface area contributed by atoms with Gasteiger partial charge in [-0.2, -0.15) is 5.26 Å². The summed E-state index contributed by atoms with van der Waals surface area (Å²) in [7, 11) is 0. The molecule has 1 aliphatic rings. The highest BCUT2D eigenvalue weighted by Gasteiger charge is 2.45. The quantitative estimate of drug-likeness (QED) is 0.916. The minimum Gasteiger partial charge on any atom is -0.492 e. The fourth-order valence-corrected chi connectivity index (χ4v) is 2.76. The average molecular weight is 334 g/mol. The molecule has 2 unspecified atom stereocenters. The van der Waals surface area contributed by atoms with E-state index in [1.54, 1.807) is 12.1 Å². The van der Waals surface area contributed by atoms with Crippen LogP contribution in [0.3, 0.4) is 0 Å². The molecule has 3 rings (SSSR count). The molecule has 5 heteroatoms. The van der Waals surface area contributed by atoms with Crippen LogP contribution < -0.4 is 4.74 Å². The number of halogens is 1. The Labute approximate surface area is 124 Å². The first-order chi connectivity index (χ1) is 9.64. The molecule has 102 valence electrons. The molecule has 2 aromatic rings. The van der Waals surface area contributed by atoms with Crippen LogP contribution in [0.5, 0.6) is 5.75 Å². The van der Waals surface area contributed by atoms with E-state index in [4.69, 9.17) is 9.15 Å². The standard InChI is InChI=1S/C15H12BrNO3/c16-13-6-5-12(20-13)14(18)15(8-17)7-10-3-1-2-4-11(10)19-9-15/h1-6,14,18H,7,9H2. The molecule has 0 saturated carbocycles.